The van der Waals surface area contributed by atoms with E-state index in [4.69, 9.17) is 32.4 Å². The number of nitrogen functional groups attached to an aromatic ring is 2. The highest BCUT2D eigenvalue weighted by Crippen LogP contribution is 2.44. The number of hydrogen-bond acceptors (Lipinski definition) is 16. The number of aromatic nitrogens is 6. The lowest BCUT2D eigenvalue weighted by Gasteiger charge is -2.25. The zero-order valence-corrected chi connectivity index (χ0v) is 29.6. The third-order valence-corrected chi connectivity index (χ3v) is 10.3. The number of aliphatic hydroxyl groups excluding tert-OH is 4. The molecule has 2 fully saturated rings. The second kappa shape index (κ2) is 16.1. The van der Waals surface area contributed by atoms with Gasteiger partial charge in [0.15, 0.2) is 11.6 Å². The highest BCUT2D eigenvalue weighted by molar-refractivity contribution is 5.88. The first kappa shape index (κ1) is 38.8. The molecule has 4 heterocycles. The molecule has 0 amide bonds. The van der Waals surface area contributed by atoms with Crippen LogP contribution >= 0.6 is 0 Å². The van der Waals surface area contributed by atoms with Gasteiger partial charge in [-0.05, 0) is 24.7 Å². The lowest BCUT2D eigenvalue weighted by atomic mass is 9.96. The minimum atomic E-state index is -0.988. The zero-order chi connectivity index (χ0) is 38.0. The Morgan fingerprint density at radius 1 is 0.731 bits per heavy atom. The summed E-state index contributed by atoms with van der Waals surface area (Å²) in [7, 11) is 0. The normalized spacial score (nSPS) is 27.2. The van der Waals surface area contributed by atoms with Crippen LogP contribution in [0.4, 0.5) is 11.6 Å². The van der Waals surface area contributed by atoms with Gasteiger partial charge in [0, 0.05) is 60.4 Å². The largest absolute Gasteiger partial charge is 0.458 e. The molecule has 2 aliphatic carbocycles. The first-order chi connectivity index (χ1) is 24.7. The van der Waals surface area contributed by atoms with Crippen LogP contribution in [0, 0.1) is 23.7 Å². The SMILES string of the molecule is CC(C)[C@H](N)C(=O)O[C@@H]1[C@@H](CO)C[C@@H](c2c[nH]c3c(N)ncnc23)[C@@H]1O.CC(C)[C@H](N)C(=O)O[C@@H]1[C@H](O)[C@@H](CO)C[C@H]1c1c[nH]c2c(N)ncnc12. The van der Waals surface area contributed by atoms with Crippen molar-refractivity contribution in [3.8, 4) is 0 Å². The van der Waals surface area contributed by atoms with Crippen LogP contribution in [0.15, 0.2) is 25.0 Å². The number of aliphatic hydroxyl groups is 4. The lowest BCUT2D eigenvalue weighted by Crippen LogP contribution is -2.43. The van der Waals surface area contributed by atoms with Crippen molar-refractivity contribution in [2.45, 2.75) is 88.9 Å². The first-order valence-corrected chi connectivity index (χ1v) is 17.3. The molecule has 2 saturated carbocycles. The number of nitrogens with one attached hydrogen (secondary N) is 2. The Labute approximate surface area is 299 Å². The molecule has 0 saturated heterocycles. The molecule has 52 heavy (non-hydrogen) atoms. The molecule has 18 heteroatoms. The van der Waals surface area contributed by atoms with Crippen LogP contribution in [0.1, 0.15) is 63.5 Å². The standard InChI is InChI=1S/2C17H25N5O4/c1-7(2)11(18)17(25)26-15-8(5-23)3-9(14(15)24)10-4-20-13-12(10)21-6-22-16(13)19;1-7(2)11(18)17(25)26-15-9(3-8(5-23)14(15)24)10-4-20-13-12(10)21-6-22-16(13)19/h2*4,6-9,11,14-15,20,23-24H,3,5,18H2,1-2H3,(H2,19,21,22)/t8-,9+,11+,14+,15-;8-,9+,11+,14-,15+/m11/s1. The fraction of sp³-hybridized carbons (Fsp3) is 0.588. The monoisotopic (exact) mass is 726 g/mol. The molecule has 4 aromatic rings. The van der Waals surface area contributed by atoms with E-state index in [9.17, 15) is 30.0 Å². The second-order valence-electron chi connectivity index (χ2n) is 14.3. The fourth-order valence-corrected chi connectivity index (χ4v) is 7.00. The van der Waals surface area contributed by atoms with E-state index in [-0.39, 0.29) is 42.8 Å². The van der Waals surface area contributed by atoms with Gasteiger partial charge in [-0.2, -0.15) is 0 Å². The summed E-state index contributed by atoms with van der Waals surface area (Å²) in [6.45, 7) is 6.87. The summed E-state index contributed by atoms with van der Waals surface area (Å²) in [4.78, 5) is 47.0. The predicted octanol–water partition coefficient (Wildman–Crippen LogP) is -0.216. The lowest BCUT2D eigenvalue weighted by molar-refractivity contribution is -0.160. The van der Waals surface area contributed by atoms with Crippen molar-refractivity contribution in [2.75, 3.05) is 24.7 Å². The summed E-state index contributed by atoms with van der Waals surface area (Å²) >= 11 is 0. The maximum absolute atomic E-state index is 12.3. The van der Waals surface area contributed by atoms with Crippen LogP contribution in [0.2, 0.25) is 0 Å². The number of carbonyl (C=O) groups is 2. The first-order valence-electron chi connectivity index (χ1n) is 17.3. The third kappa shape index (κ3) is 7.53. The van der Waals surface area contributed by atoms with Crippen LogP contribution in [-0.4, -0.2) is 112 Å². The van der Waals surface area contributed by atoms with Gasteiger partial charge >= 0.3 is 11.9 Å². The maximum Gasteiger partial charge on any atom is 0.323 e. The minimum Gasteiger partial charge on any atom is -0.458 e. The molecular weight excluding hydrogens is 676 g/mol. The second-order valence-corrected chi connectivity index (χ2v) is 14.3. The Bertz CT molecular complexity index is 1850. The molecule has 0 unspecified atom stereocenters. The van der Waals surface area contributed by atoms with Crippen molar-refractivity contribution in [2.24, 2.45) is 35.1 Å². The molecule has 6 rings (SSSR count). The van der Waals surface area contributed by atoms with E-state index in [0.717, 1.165) is 11.1 Å². The number of carbonyl (C=O) groups excluding carboxylic acids is 2. The van der Waals surface area contributed by atoms with E-state index in [0.29, 0.717) is 46.5 Å². The number of esters is 2. The average Bonchev–Trinajstić information content (AvgIpc) is 3.89. The highest BCUT2D eigenvalue weighted by atomic mass is 16.6. The summed E-state index contributed by atoms with van der Waals surface area (Å²) in [5.74, 6) is -2.18. The topological polar surface area (TPSA) is 321 Å². The number of nitrogens with two attached hydrogens (primary N) is 4. The van der Waals surface area contributed by atoms with Crippen molar-refractivity contribution in [3.63, 3.8) is 0 Å². The Hall–Kier alpha value is -4.46. The molecule has 18 nitrogen and oxygen atoms in total. The molecule has 284 valence electrons. The van der Waals surface area contributed by atoms with E-state index in [1.165, 1.54) is 12.7 Å². The number of H-pyrrole nitrogens is 2. The van der Waals surface area contributed by atoms with Gasteiger partial charge < -0.3 is 62.8 Å². The summed E-state index contributed by atoms with van der Waals surface area (Å²) in [5.41, 5.74) is 27.4. The number of fused-ring (bicyclic) bond motifs is 2. The molecule has 0 aromatic carbocycles. The molecule has 14 N–H and O–H groups in total. The highest BCUT2D eigenvalue weighted by Gasteiger charge is 2.48. The van der Waals surface area contributed by atoms with E-state index >= 15 is 0 Å². The van der Waals surface area contributed by atoms with Crippen molar-refractivity contribution in [1.29, 1.82) is 0 Å². The van der Waals surface area contributed by atoms with Crippen molar-refractivity contribution >= 4 is 45.6 Å². The van der Waals surface area contributed by atoms with Crippen LogP contribution < -0.4 is 22.9 Å². The number of ether oxygens (including phenoxy) is 2. The molecule has 0 aliphatic heterocycles. The van der Waals surface area contributed by atoms with Crippen LogP contribution in [0.25, 0.3) is 22.1 Å². The summed E-state index contributed by atoms with van der Waals surface area (Å²) in [6, 6.07) is -1.56. The smallest absolute Gasteiger partial charge is 0.323 e. The number of hydrogen-bond donors (Lipinski definition) is 10. The van der Waals surface area contributed by atoms with E-state index < -0.39 is 54.4 Å². The van der Waals surface area contributed by atoms with Gasteiger partial charge in [-0.1, -0.05) is 27.7 Å². The van der Waals surface area contributed by atoms with Gasteiger partial charge in [0.1, 0.15) is 48.0 Å². The molecule has 0 bridgehead atoms. The van der Waals surface area contributed by atoms with Crippen LogP contribution in [-0.2, 0) is 19.1 Å². The molecule has 2 aliphatic rings. The van der Waals surface area contributed by atoms with Gasteiger partial charge in [0.05, 0.1) is 23.2 Å². The number of anilines is 2. The van der Waals surface area contributed by atoms with Crippen molar-refractivity contribution < 1.29 is 39.5 Å². The molecule has 10 atom stereocenters. The Kier molecular flexibility index (Phi) is 12.0. The van der Waals surface area contributed by atoms with Crippen molar-refractivity contribution in [3.05, 3.63) is 36.2 Å². The van der Waals surface area contributed by atoms with Gasteiger partial charge in [0.2, 0.25) is 0 Å². The average molecular weight is 727 g/mol. The van der Waals surface area contributed by atoms with E-state index in [1.54, 1.807) is 12.4 Å². The summed E-state index contributed by atoms with van der Waals surface area (Å²) in [6.07, 6.45) is 3.46. The van der Waals surface area contributed by atoms with Gasteiger partial charge in [-0.15, -0.1) is 0 Å². The Balaban J connectivity index is 0.000000201. The zero-order valence-electron chi connectivity index (χ0n) is 29.6. The quantitative estimate of drug-likeness (QED) is 0.0945. The van der Waals surface area contributed by atoms with Crippen LogP contribution in [0.5, 0.6) is 0 Å². The van der Waals surface area contributed by atoms with Crippen LogP contribution in [0.3, 0.4) is 0 Å². The minimum absolute atomic E-state index is 0.0855. The van der Waals surface area contributed by atoms with Crippen molar-refractivity contribution in [1.82, 2.24) is 29.9 Å². The van der Waals surface area contributed by atoms with Gasteiger partial charge in [-0.3, -0.25) is 9.59 Å². The maximum atomic E-state index is 12.3. The number of aromatic amines is 2. The Morgan fingerprint density at radius 2 is 1.17 bits per heavy atom. The summed E-state index contributed by atoms with van der Waals surface area (Å²) < 4.78 is 11.1. The predicted molar refractivity (Wildman–Crippen MR) is 190 cm³/mol. The molecule has 0 radical (unpaired) electrons. The summed E-state index contributed by atoms with van der Waals surface area (Å²) in [5, 5.41) is 40.7. The third-order valence-electron chi connectivity index (χ3n) is 10.3. The van der Waals surface area contributed by atoms with Gasteiger partial charge in [0.25, 0.3) is 0 Å². The fourth-order valence-electron chi connectivity index (χ4n) is 7.00. The Morgan fingerprint density at radius 3 is 1.63 bits per heavy atom. The number of rotatable bonds is 10. The van der Waals surface area contributed by atoms with E-state index in [1.807, 2.05) is 27.7 Å². The van der Waals surface area contributed by atoms with Gasteiger partial charge in [-0.25, -0.2) is 19.9 Å². The van der Waals surface area contributed by atoms with E-state index in [2.05, 4.69) is 29.9 Å². The number of nitrogens with zero attached hydrogens (tertiary/aromatic N) is 4. The molecule has 0 spiro atoms. The molecule has 4 aromatic heterocycles. The molecular formula is C34H50N10O8.